The Hall–Kier alpha value is -1.87. The lowest BCUT2D eigenvalue weighted by molar-refractivity contribution is -0.117. The molecule has 0 spiro atoms. The van der Waals surface area contributed by atoms with Crippen molar-refractivity contribution in [2.24, 2.45) is 5.92 Å². The lowest BCUT2D eigenvalue weighted by atomic mass is 9.94. The van der Waals surface area contributed by atoms with Crippen LogP contribution in [-0.4, -0.2) is 50.0 Å². The third kappa shape index (κ3) is 4.41. The molecule has 1 aromatic rings. The highest BCUT2D eigenvalue weighted by molar-refractivity contribution is 7.92. The Balaban J connectivity index is 1.86. The normalized spacial score (nSPS) is 22.6. The van der Waals surface area contributed by atoms with Crippen molar-refractivity contribution in [2.45, 2.75) is 52.0 Å². The van der Waals surface area contributed by atoms with Gasteiger partial charge in [0.2, 0.25) is 0 Å². The first-order chi connectivity index (χ1) is 13.2. The zero-order chi connectivity index (χ0) is 20.5. The van der Waals surface area contributed by atoms with Crippen LogP contribution in [-0.2, 0) is 21.4 Å². The SMILES string of the molecule is CC(C)CCN1CCCC[C@@H]1Cc1ccc(O)c(N2CC(=O)NS2(=O)=O)c1F. The molecule has 0 aliphatic carbocycles. The van der Waals surface area contributed by atoms with Crippen LogP contribution >= 0.6 is 0 Å². The molecule has 2 aliphatic heterocycles. The van der Waals surface area contributed by atoms with E-state index in [0.29, 0.717) is 22.2 Å². The quantitative estimate of drug-likeness (QED) is 0.746. The number of anilines is 1. The summed E-state index contributed by atoms with van der Waals surface area (Å²) in [6.07, 6.45) is 4.66. The summed E-state index contributed by atoms with van der Waals surface area (Å²) in [5, 5.41) is 10.1. The highest BCUT2D eigenvalue weighted by Gasteiger charge is 2.38. The highest BCUT2D eigenvalue weighted by Crippen LogP contribution is 2.36. The van der Waals surface area contributed by atoms with Gasteiger partial charge in [-0.15, -0.1) is 0 Å². The minimum absolute atomic E-state index is 0.175. The van der Waals surface area contributed by atoms with Crippen LogP contribution in [0.15, 0.2) is 12.1 Å². The molecular weight excluding hydrogens is 385 g/mol. The number of aromatic hydroxyl groups is 1. The van der Waals surface area contributed by atoms with Crippen LogP contribution in [0.1, 0.15) is 45.1 Å². The standard InChI is InChI=1S/C19H28FN3O4S/c1-13(2)8-10-22-9-4-3-5-15(22)11-14-6-7-16(24)19(18(14)20)23-12-17(25)21-28(23,26)27/h6-7,13,15,24H,3-5,8-12H2,1-2H3,(H,21,25)/t15-/m1/s1. The fourth-order valence-electron chi connectivity index (χ4n) is 3.90. The predicted octanol–water partition coefficient (Wildman–Crippen LogP) is 2.16. The number of halogens is 1. The van der Waals surface area contributed by atoms with Gasteiger partial charge in [-0.3, -0.25) is 4.79 Å². The molecule has 2 fully saturated rings. The van der Waals surface area contributed by atoms with Gasteiger partial charge in [-0.05, 0) is 56.3 Å². The fraction of sp³-hybridized carbons (Fsp3) is 0.632. The van der Waals surface area contributed by atoms with Gasteiger partial charge in [0, 0.05) is 6.04 Å². The Bertz CT molecular complexity index is 844. The molecule has 2 N–H and O–H groups in total. The van der Waals surface area contributed by atoms with Gasteiger partial charge < -0.3 is 10.0 Å². The van der Waals surface area contributed by atoms with Crippen molar-refractivity contribution in [3.05, 3.63) is 23.5 Å². The molecular formula is C19H28FN3O4S. The molecule has 7 nitrogen and oxygen atoms in total. The van der Waals surface area contributed by atoms with Crippen LogP contribution in [0.5, 0.6) is 5.75 Å². The van der Waals surface area contributed by atoms with Crippen LogP contribution in [0.4, 0.5) is 10.1 Å². The summed E-state index contributed by atoms with van der Waals surface area (Å²) < 4.78 is 41.8. The van der Waals surface area contributed by atoms with E-state index >= 15 is 4.39 Å². The summed E-state index contributed by atoms with van der Waals surface area (Å²) >= 11 is 0. The number of piperidine rings is 1. The molecule has 0 bridgehead atoms. The third-order valence-electron chi connectivity index (χ3n) is 5.44. The van der Waals surface area contributed by atoms with E-state index in [9.17, 15) is 18.3 Å². The van der Waals surface area contributed by atoms with Crippen molar-refractivity contribution in [3.8, 4) is 5.75 Å². The smallest absolute Gasteiger partial charge is 0.326 e. The Labute approximate surface area is 165 Å². The maximum Gasteiger partial charge on any atom is 0.326 e. The second-order valence-corrected chi connectivity index (χ2v) is 9.61. The number of rotatable bonds is 6. The number of phenols is 1. The number of nitrogens with one attached hydrogen (secondary N) is 1. The summed E-state index contributed by atoms with van der Waals surface area (Å²) in [7, 11) is -4.19. The first-order valence-electron chi connectivity index (χ1n) is 9.76. The van der Waals surface area contributed by atoms with Gasteiger partial charge in [0.1, 0.15) is 18.0 Å². The fourth-order valence-corrected chi connectivity index (χ4v) is 5.06. The molecule has 2 aliphatic rings. The van der Waals surface area contributed by atoms with Gasteiger partial charge in [-0.25, -0.2) is 13.4 Å². The van der Waals surface area contributed by atoms with Crippen LogP contribution in [0.3, 0.4) is 0 Å². The van der Waals surface area contributed by atoms with E-state index in [1.165, 1.54) is 12.1 Å². The summed E-state index contributed by atoms with van der Waals surface area (Å²) in [4.78, 5) is 13.9. The Morgan fingerprint density at radius 3 is 2.71 bits per heavy atom. The largest absolute Gasteiger partial charge is 0.506 e. The molecule has 2 saturated heterocycles. The number of amides is 1. The molecule has 9 heteroatoms. The van der Waals surface area contributed by atoms with E-state index in [4.69, 9.17) is 0 Å². The monoisotopic (exact) mass is 413 g/mol. The van der Waals surface area contributed by atoms with Crippen molar-refractivity contribution in [1.82, 2.24) is 9.62 Å². The van der Waals surface area contributed by atoms with E-state index in [1.54, 1.807) is 4.72 Å². The van der Waals surface area contributed by atoms with Crippen LogP contribution < -0.4 is 9.03 Å². The maximum atomic E-state index is 15.2. The molecule has 3 rings (SSSR count). The Morgan fingerprint density at radius 1 is 1.32 bits per heavy atom. The number of phenolic OH excluding ortho intramolecular Hbond substituents is 1. The second-order valence-electron chi connectivity index (χ2n) is 8.02. The van der Waals surface area contributed by atoms with Crippen molar-refractivity contribution in [1.29, 1.82) is 0 Å². The molecule has 1 aromatic carbocycles. The van der Waals surface area contributed by atoms with Gasteiger partial charge in [-0.1, -0.05) is 26.3 Å². The minimum Gasteiger partial charge on any atom is -0.506 e. The van der Waals surface area contributed by atoms with Gasteiger partial charge in [0.25, 0.3) is 5.91 Å². The topological polar surface area (TPSA) is 89.9 Å². The van der Waals surface area contributed by atoms with Crippen molar-refractivity contribution in [3.63, 3.8) is 0 Å². The molecule has 0 saturated carbocycles. The lowest BCUT2D eigenvalue weighted by Gasteiger charge is -2.36. The van der Waals surface area contributed by atoms with Gasteiger partial charge in [0.05, 0.1) is 0 Å². The number of benzene rings is 1. The molecule has 28 heavy (non-hydrogen) atoms. The highest BCUT2D eigenvalue weighted by atomic mass is 32.2. The first-order valence-corrected chi connectivity index (χ1v) is 11.2. The van der Waals surface area contributed by atoms with Crippen molar-refractivity contribution >= 4 is 21.8 Å². The molecule has 0 radical (unpaired) electrons. The van der Waals surface area contributed by atoms with Crippen LogP contribution in [0.25, 0.3) is 0 Å². The number of likely N-dealkylation sites (tertiary alicyclic amines) is 1. The number of nitrogens with zero attached hydrogens (tertiary/aromatic N) is 2. The molecule has 0 aromatic heterocycles. The third-order valence-corrected chi connectivity index (χ3v) is 6.82. The van der Waals surface area contributed by atoms with Crippen LogP contribution in [0.2, 0.25) is 0 Å². The number of hydrogen-bond donors (Lipinski definition) is 2. The van der Waals surface area contributed by atoms with E-state index in [0.717, 1.165) is 38.8 Å². The zero-order valence-electron chi connectivity index (χ0n) is 16.3. The van der Waals surface area contributed by atoms with Crippen molar-refractivity contribution in [2.75, 3.05) is 23.9 Å². The summed E-state index contributed by atoms with van der Waals surface area (Å²) in [5.41, 5.74) is -0.107. The molecule has 1 atom stereocenters. The summed E-state index contributed by atoms with van der Waals surface area (Å²) in [6, 6.07) is 2.98. The molecule has 1 amide bonds. The van der Waals surface area contributed by atoms with Crippen LogP contribution in [0, 0.1) is 11.7 Å². The number of carbonyl (C=O) groups excluding carboxylic acids is 1. The van der Waals surface area contributed by atoms with E-state index in [-0.39, 0.29) is 6.04 Å². The predicted molar refractivity (Wildman–Crippen MR) is 105 cm³/mol. The summed E-state index contributed by atoms with van der Waals surface area (Å²) in [6.45, 7) is 5.74. The van der Waals surface area contributed by atoms with E-state index in [2.05, 4.69) is 18.7 Å². The maximum absolute atomic E-state index is 15.2. The molecule has 156 valence electrons. The second kappa shape index (κ2) is 8.24. The molecule has 0 unspecified atom stereocenters. The minimum atomic E-state index is -4.19. The van der Waals surface area contributed by atoms with E-state index in [1.807, 2.05) is 0 Å². The average Bonchev–Trinajstić information content (AvgIpc) is 2.89. The van der Waals surface area contributed by atoms with Gasteiger partial charge >= 0.3 is 10.2 Å². The molecule has 2 heterocycles. The van der Waals surface area contributed by atoms with Gasteiger partial charge in [0.15, 0.2) is 5.82 Å². The average molecular weight is 414 g/mol. The lowest BCUT2D eigenvalue weighted by Crippen LogP contribution is -2.42. The number of hydrogen-bond acceptors (Lipinski definition) is 5. The zero-order valence-corrected chi connectivity index (χ0v) is 17.1. The van der Waals surface area contributed by atoms with Crippen molar-refractivity contribution < 1.29 is 22.7 Å². The van der Waals surface area contributed by atoms with E-state index < -0.39 is 39.9 Å². The number of carbonyl (C=O) groups is 1. The Morgan fingerprint density at radius 2 is 2.07 bits per heavy atom. The first kappa shape index (κ1) is 20.9. The summed E-state index contributed by atoms with van der Waals surface area (Å²) in [5.74, 6) is -1.45. The van der Waals surface area contributed by atoms with Gasteiger partial charge in [-0.2, -0.15) is 8.42 Å². The Kier molecular flexibility index (Phi) is 6.14.